The van der Waals surface area contributed by atoms with Gasteiger partial charge >= 0.3 is 0 Å². The van der Waals surface area contributed by atoms with Gasteiger partial charge in [0.2, 0.25) is 0 Å². The third-order valence-electron chi connectivity index (χ3n) is 3.25. The Morgan fingerprint density at radius 2 is 2.16 bits per heavy atom. The number of rotatable bonds is 4. The van der Waals surface area contributed by atoms with E-state index >= 15 is 0 Å². The van der Waals surface area contributed by atoms with Crippen LogP contribution >= 0.6 is 0 Å². The minimum Gasteiger partial charge on any atom is -0.373 e. The molecule has 2 rings (SSSR count). The summed E-state index contributed by atoms with van der Waals surface area (Å²) in [5.41, 5.74) is 0.260. The van der Waals surface area contributed by atoms with Gasteiger partial charge in [-0.05, 0) is 25.5 Å². The summed E-state index contributed by atoms with van der Waals surface area (Å²) in [5, 5.41) is 0. The SMILES string of the molecule is CC1(C)CN(CC(=O)Cc2ccccc2F)CCO1. The van der Waals surface area contributed by atoms with Crippen molar-refractivity contribution in [2.75, 3.05) is 26.2 Å². The Morgan fingerprint density at radius 3 is 2.84 bits per heavy atom. The van der Waals surface area contributed by atoms with Crippen molar-refractivity contribution in [3.05, 3.63) is 35.6 Å². The van der Waals surface area contributed by atoms with E-state index in [4.69, 9.17) is 4.74 Å². The molecule has 0 unspecified atom stereocenters. The van der Waals surface area contributed by atoms with E-state index in [9.17, 15) is 9.18 Å². The van der Waals surface area contributed by atoms with Gasteiger partial charge in [0.15, 0.2) is 5.78 Å². The quantitative estimate of drug-likeness (QED) is 0.834. The average Bonchev–Trinajstić information content (AvgIpc) is 2.30. The molecule has 104 valence electrons. The zero-order chi connectivity index (χ0) is 13.9. The molecule has 4 heteroatoms. The third-order valence-corrected chi connectivity index (χ3v) is 3.25. The molecule has 0 amide bonds. The highest BCUT2D eigenvalue weighted by Gasteiger charge is 2.28. The van der Waals surface area contributed by atoms with Crippen molar-refractivity contribution in [1.29, 1.82) is 0 Å². The Balaban J connectivity index is 1.90. The summed E-state index contributed by atoms with van der Waals surface area (Å²) in [7, 11) is 0. The van der Waals surface area contributed by atoms with E-state index in [1.807, 2.05) is 13.8 Å². The molecule has 1 heterocycles. The highest BCUT2D eigenvalue weighted by Crippen LogP contribution is 2.16. The lowest BCUT2D eigenvalue weighted by atomic mass is 10.1. The van der Waals surface area contributed by atoms with E-state index in [-0.39, 0.29) is 23.6 Å². The molecule has 0 spiro atoms. The van der Waals surface area contributed by atoms with Gasteiger partial charge in [0, 0.05) is 19.5 Å². The molecule has 0 atom stereocenters. The summed E-state index contributed by atoms with van der Waals surface area (Å²) < 4.78 is 19.1. The van der Waals surface area contributed by atoms with E-state index in [2.05, 4.69) is 4.90 Å². The molecule has 0 N–H and O–H groups in total. The second-order valence-electron chi connectivity index (χ2n) is 5.63. The van der Waals surface area contributed by atoms with Crippen LogP contribution in [-0.4, -0.2) is 42.5 Å². The van der Waals surface area contributed by atoms with Crippen molar-refractivity contribution in [3.63, 3.8) is 0 Å². The maximum Gasteiger partial charge on any atom is 0.151 e. The van der Waals surface area contributed by atoms with Gasteiger partial charge < -0.3 is 4.74 Å². The van der Waals surface area contributed by atoms with Gasteiger partial charge in [-0.15, -0.1) is 0 Å². The molecule has 0 aliphatic carbocycles. The normalized spacial score (nSPS) is 19.3. The Morgan fingerprint density at radius 1 is 1.42 bits per heavy atom. The number of carbonyl (C=O) groups is 1. The van der Waals surface area contributed by atoms with Crippen LogP contribution in [0.5, 0.6) is 0 Å². The first-order valence-corrected chi connectivity index (χ1v) is 6.58. The molecule has 3 nitrogen and oxygen atoms in total. The second-order valence-corrected chi connectivity index (χ2v) is 5.63. The maximum absolute atomic E-state index is 13.5. The Bertz CT molecular complexity index is 459. The van der Waals surface area contributed by atoms with Crippen LogP contribution in [0.3, 0.4) is 0 Å². The molecule has 0 radical (unpaired) electrons. The number of hydrogen-bond donors (Lipinski definition) is 0. The fraction of sp³-hybridized carbons (Fsp3) is 0.533. The van der Waals surface area contributed by atoms with Crippen molar-refractivity contribution in [2.24, 2.45) is 0 Å². The third kappa shape index (κ3) is 4.11. The van der Waals surface area contributed by atoms with E-state index in [0.29, 0.717) is 18.7 Å². The number of morpholine rings is 1. The van der Waals surface area contributed by atoms with Crippen molar-refractivity contribution >= 4 is 5.78 Å². The average molecular weight is 265 g/mol. The summed E-state index contributed by atoms with van der Waals surface area (Å²) in [6.07, 6.45) is 0.157. The molecule has 1 aromatic carbocycles. The zero-order valence-corrected chi connectivity index (χ0v) is 11.5. The zero-order valence-electron chi connectivity index (χ0n) is 11.5. The molecular formula is C15H20FNO2. The topological polar surface area (TPSA) is 29.5 Å². The number of nitrogens with zero attached hydrogens (tertiary/aromatic N) is 1. The van der Waals surface area contributed by atoms with Gasteiger partial charge in [0.05, 0.1) is 18.8 Å². The first kappa shape index (κ1) is 14.2. The maximum atomic E-state index is 13.5. The lowest BCUT2D eigenvalue weighted by Crippen LogP contribution is -2.49. The summed E-state index contributed by atoms with van der Waals surface area (Å²) >= 11 is 0. The van der Waals surface area contributed by atoms with E-state index in [0.717, 1.165) is 13.1 Å². The van der Waals surface area contributed by atoms with Crippen LogP contribution in [-0.2, 0) is 16.0 Å². The Kier molecular flexibility index (Phi) is 4.32. The van der Waals surface area contributed by atoms with Crippen LogP contribution in [0.2, 0.25) is 0 Å². The molecule has 0 aromatic heterocycles. The summed E-state index contributed by atoms with van der Waals surface area (Å²) in [4.78, 5) is 14.1. The van der Waals surface area contributed by atoms with Crippen LogP contribution in [0.1, 0.15) is 19.4 Å². The van der Waals surface area contributed by atoms with Gasteiger partial charge in [0.1, 0.15) is 5.82 Å². The molecule has 0 bridgehead atoms. The number of Topliss-reactive ketones (excluding diaryl/α,β-unsaturated/α-hetero) is 1. The van der Waals surface area contributed by atoms with Gasteiger partial charge in [-0.1, -0.05) is 18.2 Å². The monoisotopic (exact) mass is 265 g/mol. The fourth-order valence-corrected chi connectivity index (χ4v) is 2.41. The standard InChI is InChI=1S/C15H20FNO2/c1-15(2)11-17(7-8-19-15)10-13(18)9-12-5-3-4-6-14(12)16/h3-6H,7-11H2,1-2H3. The highest BCUT2D eigenvalue weighted by atomic mass is 19.1. The first-order valence-electron chi connectivity index (χ1n) is 6.58. The summed E-state index contributed by atoms with van der Waals surface area (Å²) in [6.45, 7) is 6.52. The number of benzene rings is 1. The minimum atomic E-state index is -0.307. The van der Waals surface area contributed by atoms with Crippen molar-refractivity contribution < 1.29 is 13.9 Å². The van der Waals surface area contributed by atoms with Crippen molar-refractivity contribution in [3.8, 4) is 0 Å². The van der Waals surface area contributed by atoms with Crippen LogP contribution in [0.25, 0.3) is 0 Å². The molecular weight excluding hydrogens is 245 g/mol. The van der Waals surface area contributed by atoms with Crippen LogP contribution < -0.4 is 0 Å². The minimum absolute atomic E-state index is 0.0443. The fourth-order valence-electron chi connectivity index (χ4n) is 2.41. The number of hydrogen-bond acceptors (Lipinski definition) is 3. The van der Waals surface area contributed by atoms with Gasteiger partial charge in [0.25, 0.3) is 0 Å². The summed E-state index contributed by atoms with van der Waals surface area (Å²) in [6, 6.07) is 6.44. The van der Waals surface area contributed by atoms with Crippen LogP contribution in [0.4, 0.5) is 4.39 Å². The first-order chi connectivity index (χ1) is 8.96. The highest BCUT2D eigenvalue weighted by molar-refractivity contribution is 5.82. The lowest BCUT2D eigenvalue weighted by Gasteiger charge is -2.37. The molecule has 1 aliphatic rings. The molecule has 1 fully saturated rings. The lowest BCUT2D eigenvalue weighted by molar-refractivity contribution is -0.124. The number of halogens is 1. The number of carbonyl (C=O) groups excluding carboxylic acids is 1. The largest absolute Gasteiger partial charge is 0.373 e. The Hall–Kier alpha value is -1.26. The van der Waals surface area contributed by atoms with Gasteiger partial charge in [-0.3, -0.25) is 9.69 Å². The van der Waals surface area contributed by atoms with Crippen molar-refractivity contribution in [2.45, 2.75) is 25.9 Å². The molecule has 0 saturated carbocycles. The molecule has 1 aromatic rings. The van der Waals surface area contributed by atoms with Crippen molar-refractivity contribution in [1.82, 2.24) is 4.90 Å². The van der Waals surface area contributed by atoms with E-state index < -0.39 is 0 Å². The second kappa shape index (κ2) is 5.80. The number of ketones is 1. The van der Waals surface area contributed by atoms with Crippen LogP contribution in [0.15, 0.2) is 24.3 Å². The summed E-state index contributed by atoms with van der Waals surface area (Å²) in [5.74, 6) is -0.263. The predicted molar refractivity (Wildman–Crippen MR) is 71.6 cm³/mol. The van der Waals surface area contributed by atoms with E-state index in [1.54, 1.807) is 18.2 Å². The molecule has 1 aliphatic heterocycles. The van der Waals surface area contributed by atoms with Crippen LogP contribution in [0, 0.1) is 5.82 Å². The smallest absolute Gasteiger partial charge is 0.151 e. The van der Waals surface area contributed by atoms with E-state index in [1.165, 1.54) is 6.07 Å². The predicted octanol–water partition coefficient (Wildman–Crippen LogP) is 2.05. The molecule has 19 heavy (non-hydrogen) atoms. The number of ether oxygens (including phenoxy) is 1. The Labute approximate surface area is 113 Å². The van der Waals surface area contributed by atoms with Gasteiger partial charge in [-0.2, -0.15) is 0 Å². The molecule has 1 saturated heterocycles. The van der Waals surface area contributed by atoms with Gasteiger partial charge in [-0.25, -0.2) is 4.39 Å².